The first-order chi connectivity index (χ1) is 13.6. The molecule has 0 aliphatic rings. The van der Waals surface area contributed by atoms with Gasteiger partial charge in [0.15, 0.2) is 0 Å². The van der Waals surface area contributed by atoms with Gasteiger partial charge in [-0.3, -0.25) is 4.79 Å². The number of benzene rings is 2. The summed E-state index contributed by atoms with van der Waals surface area (Å²) < 4.78 is 4.74. The lowest BCUT2D eigenvalue weighted by Gasteiger charge is -2.09. The van der Waals surface area contributed by atoms with Crippen molar-refractivity contribution in [1.29, 1.82) is 0 Å². The molecule has 0 spiro atoms. The molecule has 4 rings (SSSR count). The SMILES string of the molecule is Cc1c(C(=O)Nc2cccc(Cn3ccnc3)c2)cnn1-c1ccc(Br)cc1. The van der Waals surface area contributed by atoms with Crippen LogP contribution in [-0.4, -0.2) is 25.2 Å². The van der Waals surface area contributed by atoms with Crippen LogP contribution >= 0.6 is 15.9 Å². The van der Waals surface area contributed by atoms with Gasteiger partial charge in [0.05, 0.1) is 29.5 Å². The third-order valence-corrected chi connectivity index (χ3v) is 4.96. The molecule has 28 heavy (non-hydrogen) atoms. The maximum absolute atomic E-state index is 12.8. The number of carbonyl (C=O) groups excluding carboxylic acids is 1. The summed E-state index contributed by atoms with van der Waals surface area (Å²) in [6.45, 7) is 2.59. The molecule has 0 atom stereocenters. The Bertz CT molecular complexity index is 1100. The standard InChI is InChI=1S/C21H18BrN5O/c1-15-20(12-24-27(15)19-7-5-17(22)6-8-19)21(28)25-18-4-2-3-16(11-18)13-26-10-9-23-14-26/h2-12,14H,13H2,1H3,(H,25,28). The summed E-state index contributed by atoms with van der Waals surface area (Å²) in [6, 6.07) is 15.6. The van der Waals surface area contributed by atoms with Crippen molar-refractivity contribution in [2.24, 2.45) is 0 Å². The Morgan fingerprint density at radius 2 is 2.00 bits per heavy atom. The predicted molar refractivity (Wildman–Crippen MR) is 112 cm³/mol. The van der Waals surface area contributed by atoms with Crippen molar-refractivity contribution in [3.8, 4) is 5.69 Å². The van der Waals surface area contributed by atoms with E-state index < -0.39 is 0 Å². The van der Waals surface area contributed by atoms with Crippen molar-refractivity contribution < 1.29 is 4.79 Å². The molecular formula is C21H18BrN5O. The molecule has 0 aliphatic heterocycles. The van der Waals surface area contributed by atoms with E-state index in [9.17, 15) is 4.79 Å². The number of carbonyl (C=O) groups is 1. The zero-order valence-corrected chi connectivity index (χ0v) is 16.8. The monoisotopic (exact) mass is 435 g/mol. The van der Waals surface area contributed by atoms with E-state index in [1.165, 1.54) is 0 Å². The van der Waals surface area contributed by atoms with Crippen LogP contribution in [0.3, 0.4) is 0 Å². The van der Waals surface area contributed by atoms with Crippen molar-refractivity contribution in [1.82, 2.24) is 19.3 Å². The summed E-state index contributed by atoms with van der Waals surface area (Å²) in [6.07, 6.45) is 7.02. The average Bonchev–Trinajstić information content (AvgIpc) is 3.32. The molecule has 0 radical (unpaired) electrons. The van der Waals surface area contributed by atoms with E-state index >= 15 is 0 Å². The fraction of sp³-hybridized carbons (Fsp3) is 0.0952. The van der Waals surface area contributed by atoms with E-state index in [4.69, 9.17) is 0 Å². The van der Waals surface area contributed by atoms with E-state index in [1.807, 2.05) is 66.2 Å². The highest BCUT2D eigenvalue weighted by Crippen LogP contribution is 2.19. The maximum atomic E-state index is 12.8. The molecule has 4 aromatic rings. The second-order valence-corrected chi connectivity index (χ2v) is 7.34. The van der Waals surface area contributed by atoms with Gasteiger partial charge in [-0.05, 0) is 48.9 Å². The molecule has 2 aromatic carbocycles. The second kappa shape index (κ2) is 7.82. The summed E-state index contributed by atoms with van der Waals surface area (Å²) in [5, 5.41) is 7.34. The smallest absolute Gasteiger partial charge is 0.259 e. The van der Waals surface area contributed by atoms with Crippen molar-refractivity contribution in [3.05, 3.63) is 94.7 Å². The molecule has 0 unspecified atom stereocenters. The number of hydrogen-bond donors (Lipinski definition) is 1. The summed E-state index contributed by atoms with van der Waals surface area (Å²) in [5.41, 5.74) is 4.07. The second-order valence-electron chi connectivity index (χ2n) is 6.42. The van der Waals surface area contributed by atoms with Crippen molar-refractivity contribution in [3.63, 3.8) is 0 Å². The number of rotatable bonds is 5. The molecule has 1 N–H and O–H groups in total. The highest BCUT2D eigenvalue weighted by molar-refractivity contribution is 9.10. The van der Waals surface area contributed by atoms with Crippen LogP contribution in [0.15, 0.2) is 77.9 Å². The number of nitrogens with zero attached hydrogens (tertiary/aromatic N) is 4. The Hall–Kier alpha value is -3.19. The Balaban J connectivity index is 1.52. The van der Waals surface area contributed by atoms with E-state index in [1.54, 1.807) is 23.4 Å². The van der Waals surface area contributed by atoms with E-state index in [0.29, 0.717) is 12.1 Å². The molecule has 1 amide bonds. The van der Waals surface area contributed by atoms with Crippen LogP contribution in [0.5, 0.6) is 0 Å². The lowest BCUT2D eigenvalue weighted by molar-refractivity contribution is 0.102. The first-order valence-corrected chi connectivity index (χ1v) is 9.56. The number of imidazole rings is 1. The zero-order chi connectivity index (χ0) is 19.5. The minimum atomic E-state index is -0.180. The maximum Gasteiger partial charge on any atom is 0.259 e. The van der Waals surface area contributed by atoms with Crippen molar-refractivity contribution in [2.75, 3.05) is 5.32 Å². The van der Waals surface area contributed by atoms with Gasteiger partial charge in [-0.2, -0.15) is 5.10 Å². The van der Waals surface area contributed by atoms with E-state index in [2.05, 4.69) is 31.3 Å². The van der Waals surface area contributed by atoms with Crippen LogP contribution in [0.25, 0.3) is 5.69 Å². The van der Waals surface area contributed by atoms with Crippen LogP contribution < -0.4 is 5.32 Å². The molecule has 2 aromatic heterocycles. The average molecular weight is 436 g/mol. The van der Waals surface area contributed by atoms with E-state index in [0.717, 1.165) is 27.1 Å². The van der Waals surface area contributed by atoms with Crippen molar-refractivity contribution >= 4 is 27.5 Å². The number of anilines is 1. The predicted octanol–water partition coefficient (Wildman–Crippen LogP) is 4.44. The van der Waals surface area contributed by atoms with Gasteiger partial charge >= 0.3 is 0 Å². The highest BCUT2D eigenvalue weighted by Gasteiger charge is 2.15. The molecule has 140 valence electrons. The minimum Gasteiger partial charge on any atom is -0.333 e. The number of nitrogens with one attached hydrogen (secondary N) is 1. The molecule has 0 saturated heterocycles. The Morgan fingerprint density at radius 1 is 1.18 bits per heavy atom. The number of hydrogen-bond acceptors (Lipinski definition) is 3. The van der Waals surface area contributed by atoms with Crippen LogP contribution in [-0.2, 0) is 6.54 Å². The van der Waals surface area contributed by atoms with Gasteiger partial charge in [0, 0.05) is 29.1 Å². The molecule has 0 saturated carbocycles. The van der Waals surface area contributed by atoms with Gasteiger partial charge in [0.25, 0.3) is 5.91 Å². The highest BCUT2D eigenvalue weighted by atomic mass is 79.9. The van der Waals surface area contributed by atoms with Crippen molar-refractivity contribution in [2.45, 2.75) is 13.5 Å². The topological polar surface area (TPSA) is 64.7 Å². The van der Waals surface area contributed by atoms with Gasteiger partial charge in [-0.1, -0.05) is 28.1 Å². The normalized spacial score (nSPS) is 10.8. The van der Waals surface area contributed by atoms with Crippen LogP contribution in [0, 0.1) is 6.92 Å². The minimum absolute atomic E-state index is 0.180. The summed E-state index contributed by atoms with van der Waals surface area (Å²) in [4.78, 5) is 16.8. The van der Waals surface area contributed by atoms with Gasteiger partial charge < -0.3 is 9.88 Å². The largest absolute Gasteiger partial charge is 0.333 e. The third-order valence-electron chi connectivity index (χ3n) is 4.43. The summed E-state index contributed by atoms with van der Waals surface area (Å²) in [7, 11) is 0. The van der Waals surface area contributed by atoms with Crippen LogP contribution in [0.1, 0.15) is 21.6 Å². The number of halogens is 1. The lowest BCUT2D eigenvalue weighted by Crippen LogP contribution is -2.13. The van der Waals surface area contributed by atoms with E-state index in [-0.39, 0.29) is 5.91 Å². The van der Waals surface area contributed by atoms with Crippen LogP contribution in [0.2, 0.25) is 0 Å². The van der Waals surface area contributed by atoms with Gasteiger partial charge in [0.2, 0.25) is 0 Å². The third kappa shape index (κ3) is 3.89. The molecule has 0 fully saturated rings. The molecule has 2 heterocycles. The summed E-state index contributed by atoms with van der Waals surface area (Å²) >= 11 is 3.43. The van der Waals surface area contributed by atoms with Gasteiger partial charge in [-0.15, -0.1) is 0 Å². The first kappa shape index (κ1) is 18.2. The quantitative estimate of drug-likeness (QED) is 0.503. The Morgan fingerprint density at radius 3 is 2.75 bits per heavy atom. The molecule has 0 aliphatic carbocycles. The molecule has 0 bridgehead atoms. The zero-order valence-electron chi connectivity index (χ0n) is 15.2. The van der Waals surface area contributed by atoms with Gasteiger partial charge in [-0.25, -0.2) is 9.67 Å². The molecule has 6 nitrogen and oxygen atoms in total. The fourth-order valence-electron chi connectivity index (χ4n) is 3.01. The summed E-state index contributed by atoms with van der Waals surface area (Å²) in [5.74, 6) is -0.180. The van der Waals surface area contributed by atoms with Crippen LogP contribution in [0.4, 0.5) is 5.69 Å². The molecular weight excluding hydrogens is 418 g/mol. The molecule has 7 heteroatoms. The van der Waals surface area contributed by atoms with Gasteiger partial charge in [0.1, 0.15) is 0 Å². The lowest BCUT2D eigenvalue weighted by atomic mass is 10.2. The Labute approximate surface area is 171 Å². The number of aromatic nitrogens is 4. The first-order valence-electron chi connectivity index (χ1n) is 8.77. The fourth-order valence-corrected chi connectivity index (χ4v) is 3.28. The Kier molecular flexibility index (Phi) is 5.08. The number of amides is 1.